The van der Waals surface area contributed by atoms with Crippen LogP contribution in [0.3, 0.4) is 0 Å². The third-order valence-electron chi connectivity index (χ3n) is 2.84. The molecule has 0 amide bonds. The molecule has 17 heavy (non-hydrogen) atoms. The summed E-state index contributed by atoms with van der Waals surface area (Å²) in [6, 6.07) is 1.86. The number of benzene rings is 1. The van der Waals surface area contributed by atoms with Crippen LogP contribution in [-0.2, 0) is 6.42 Å². The molecule has 1 aromatic carbocycles. The Hall–Kier alpha value is -1.98. The maximum atomic E-state index is 13.4. The summed E-state index contributed by atoms with van der Waals surface area (Å²) in [5.74, 6) is -2.13. The van der Waals surface area contributed by atoms with Gasteiger partial charge in [-0.15, -0.1) is 0 Å². The molecule has 0 saturated heterocycles. The first-order chi connectivity index (χ1) is 8.00. The third-order valence-corrected chi connectivity index (χ3v) is 2.84. The quantitative estimate of drug-likeness (QED) is 0.646. The number of nitro benzene ring substituents is 1. The van der Waals surface area contributed by atoms with E-state index in [1.807, 2.05) is 0 Å². The van der Waals surface area contributed by atoms with Crippen LogP contribution >= 0.6 is 0 Å². The summed E-state index contributed by atoms with van der Waals surface area (Å²) in [5, 5.41) is 19.7. The molecule has 0 bridgehead atoms. The zero-order valence-electron chi connectivity index (χ0n) is 8.85. The third kappa shape index (κ3) is 2.25. The van der Waals surface area contributed by atoms with Crippen LogP contribution in [0, 0.1) is 21.8 Å². The van der Waals surface area contributed by atoms with Crippen molar-refractivity contribution in [2.75, 3.05) is 0 Å². The molecule has 0 atom stereocenters. The zero-order chi connectivity index (χ0) is 12.6. The van der Waals surface area contributed by atoms with Gasteiger partial charge in [0.15, 0.2) is 0 Å². The SMILES string of the molecule is O=C(O)c1c(F)ccc([N+](=O)[O-])c1CC1CC1. The van der Waals surface area contributed by atoms with Gasteiger partial charge in [0.25, 0.3) is 5.69 Å². The maximum Gasteiger partial charge on any atom is 0.339 e. The van der Waals surface area contributed by atoms with E-state index in [2.05, 4.69) is 0 Å². The van der Waals surface area contributed by atoms with Crippen LogP contribution in [0.25, 0.3) is 0 Å². The lowest BCUT2D eigenvalue weighted by molar-refractivity contribution is -0.385. The van der Waals surface area contributed by atoms with Crippen LogP contribution < -0.4 is 0 Å². The summed E-state index contributed by atoms with van der Waals surface area (Å²) in [4.78, 5) is 21.1. The number of halogens is 1. The Balaban J connectivity index is 2.56. The molecule has 0 spiro atoms. The van der Waals surface area contributed by atoms with Crippen molar-refractivity contribution in [3.05, 3.63) is 39.2 Å². The van der Waals surface area contributed by atoms with Gasteiger partial charge in [0.05, 0.1) is 4.92 Å². The van der Waals surface area contributed by atoms with Gasteiger partial charge in [0.1, 0.15) is 11.4 Å². The average molecular weight is 239 g/mol. The normalized spacial score (nSPS) is 14.6. The lowest BCUT2D eigenvalue weighted by Crippen LogP contribution is -2.09. The summed E-state index contributed by atoms with van der Waals surface area (Å²) in [6.45, 7) is 0. The molecule has 1 aliphatic carbocycles. The zero-order valence-corrected chi connectivity index (χ0v) is 8.85. The second-order valence-electron chi connectivity index (χ2n) is 4.13. The van der Waals surface area contributed by atoms with Crippen molar-refractivity contribution in [3.8, 4) is 0 Å². The van der Waals surface area contributed by atoms with E-state index >= 15 is 0 Å². The van der Waals surface area contributed by atoms with Crippen LogP contribution in [0.15, 0.2) is 12.1 Å². The molecule has 0 radical (unpaired) electrons. The smallest absolute Gasteiger partial charge is 0.339 e. The molecule has 5 nitrogen and oxygen atoms in total. The number of hydrogen-bond acceptors (Lipinski definition) is 3. The van der Waals surface area contributed by atoms with E-state index in [9.17, 15) is 19.3 Å². The van der Waals surface area contributed by atoms with Crippen LogP contribution in [0.4, 0.5) is 10.1 Å². The largest absolute Gasteiger partial charge is 0.478 e. The Morgan fingerprint density at radius 1 is 1.53 bits per heavy atom. The molecule has 90 valence electrons. The number of rotatable bonds is 4. The molecular weight excluding hydrogens is 229 g/mol. The summed E-state index contributed by atoms with van der Waals surface area (Å²) in [5.41, 5.74) is -0.869. The Bertz CT molecular complexity index is 496. The van der Waals surface area contributed by atoms with Gasteiger partial charge in [0, 0.05) is 11.6 Å². The van der Waals surface area contributed by atoms with Crippen molar-refractivity contribution in [1.29, 1.82) is 0 Å². The fourth-order valence-corrected chi connectivity index (χ4v) is 1.83. The molecule has 1 aliphatic rings. The van der Waals surface area contributed by atoms with Crippen molar-refractivity contribution in [2.24, 2.45) is 5.92 Å². The van der Waals surface area contributed by atoms with Crippen LogP contribution in [-0.4, -0.2) is 16.0 Å². The predicted molar refractivity (Wildman–Crippen MR) is 56.4 cm³/mol. The lowest BCUT2D eigenvalue weighted by atomic mass is 9.99. The van der Waals surface area contributed by atoms with E-state index in [-0.39, 0.29) is 23.6 Å². The number of carboxylic acids is 1. The minimum atomic E-state index is -1.46. The number of aromatic carboxylic acids is 1. The molecule has 0 heterocycles. The fraction of sp³-hybridized carbons (Fsp3) is 0.364. The molecule has 0 aromatic heterocycles. The van der Waals surface area contributed by atoms with Crippen molar-refractivity contribution in [1.82, 2.24) is 0 Å². The molecule has 1 fully saturated rings. The van der Waals surface area contributed by atoms with E-state index < -0.39 is 22.3 Å². The van der Waals surface area contributed by atoms with Crippen LogP contribution in [0.2, 0.25) is 0 Å². The maximum absolute atomic E-state index is 13.4. The molecule has 0 aliphatic heterocycles. The predicted octanol–water partition coefficient (Wildman–Crippen LogP) is 2.38. The summed E-state index contributed by atoms with van der Waals surface area (Å²) < 4.78 is 13.4. The summed E-state index contributed by atoms with van der Waals surface area (Å²) in [7, 11) is 0. The van der Waals surface area contributed by atoms with Gasteiger partial charge in [-0.05, 0) is 31.2 Å². The highest BCUT2D eigenvalue weighted by Gasteiger charge is 2.31. The first kappa shape index (κ1) is 11.5. The van der Waals surface area contributed by atoms with Crippen molar-refractivity contribution >= 4 is 11.7 Å². The first-order valence-corrected chi connectivity index (χ1v) is 5.19. The number of carboxylic acid groups (broad SMARTS) is 1. The van der Waals surface area contributed by atoms with Crippen LogP contribution in [0.1, 0.15) is 28.8 Å². The second kappa shape index (κ2) is 4.12. The van der Waals surface area contributed by atoms with E-state index in [1.54, 1.807) is 0 Å². The topological polar surface area (TPSA) is 80.4 Å². The average Bonchev–Trinajstić information content (AvgIpc) is 3.00. The van der Waals surface area contributed by atoms with E-state index in [0.29, 0.717) is 0 Å². The molecule has 2 rings (SSSR count). The second-order valence-corrected chi connectivity index (χ2v) is 4.13. The van der Waals surface area contributed by atoms with E-state index in [0.717, 1.165) is 25.0 Å². The number of nitro groups is 1. The van der Waals surface area contributed by atoms with E-state index in [1.165, 1.54) is 0 Å². The van der Waals surface area contributed by atoms with Crippen molar-refractivity contribution in [2.45, 2.75) is 19.3 Å². The molecule has 6 heteroatoms. The van der Waals surface area contributed by atoms with E-state index in [4.69, 9.17) is 5.11 Å². The fourth-order valence-electron chi connectivity index (χ4n) is 1.83. The minimum absolute atomic E-state index is 0.00463. The van der Waals surface area contributed by atoms with Crippen molar-refractivity contribution in [3.63, 3.8) is 0 Å². The Labute approximate surface area is 96.0 Å². The Morgan fingerprint density at radius 3 is 2.65 bits per heavy atom. The monoisotopic (exact) mass is 239 g/mol. The van der Waals surface area contributed by atoms with Gasteiger partial charge < -0.3 is 5.11 Å². The highest BCUT2D eigenvalue weighted by Crippen LogP contribution is 2.37. The summed E-state index contributed by atoms with van der Waals surface area (Å²) in [6.07, 6.45) is 2.08. The van der Waals surface area contributed by atoms with Gasteiger partial charge >= 0.3 is 5.97 Å². The standard InChI is InChI=1S/C11H10FNO4/c12-8-3-4-9(13(16)17)7(5-6-1-2-6)10(8)11(14)15/h3-4,6H,1-2,5H2,(H,14,15). The minimum Gasteiger partial charge on any atom is -0.478 e. The molecule has 0 unspecified atom stereocenters. The number of hydrogen-bond donors (Lipinski definition) is 1. The van der Waals surface area contributed by atoms with Crippen molar-refractivity contribution < 1.29 is 19.2 Å². The number of carbonyl (C=O) groups is 1. The molecule has 1 saturated carbocycles. The molecular formula is C11H10FNO4. The Morgan fingerprint density at radius 2 is 2.18 bits per heavy atom. The van der Waals surface area contributed by atoms with Crippen LogP contribution in [0.5, 0.6) is 0 Å². The highest BCUT2D eigenvalue weighted by atomic mass is 19.1. The van der Waals surface area contributed by atoms with Gasteiger partial charge in [-0.2, -0.15) is 0 Å². The lowest BCUT2D eigenvalue weighted by Gasteiger charge is -2.07. The molecule has 1 N–H and O–H groups in total. The van der Waals surface area contributed by atoms with Gasteiger partial charge in [-0.25, -0.2) is 9.18 Å². The number of nitrogens with zero attached hydrogens (tertiary/aromatic N) is 1. The highest BCUT2D eigenvalue weighted by molar-refractivity contribution is 5.91. The van der Waals surface area contributed by atoms with Gasteiger partial charge in [-0.3, -0.25) is 10.1 Å². The Kier molecular flexibility index (Phi) is 2.79. The van der Waals surface area contributed by atoms with Gasteiger partial charge in [-0.1, -0.05) is 0 Å². The van der Waals surface area contributed by atoms with Gasteiger partial charge in [0.2, 0.25) is 0 Å². The molecule has 1 aromatic rings. The first-order valence-electron chi connectivity index (χ1n) is 5.19. The summed E-state index contributed by atoms with van der Waals surface area (Å²) >= 11 is 0.